The molecule has 1 aromatic carbocycles. The predicted octanol–water partition coefficient (Wildman–Crippen LogP) is 1.86. The first-order valence-electron chi connectivity index (χ1n) is 6.96. The van der Waals surface area contributed by atoms with Crippen LogP contribution in [0.3, 0.4) is 0 Å². The Morgan fingerprint density at radius 2 is 2.19 bits per heavy atom. The molecule has 0 fully saturated rings. The van der Waals surface area contributed by atoms with E-state index in [1.54, 1.807) is 12.4 Å². The smallest absolute Gasteiger partial charge is 0.233 e. The predicted molar refractivity (Wildman–Crippen MR) is 80.8 cm³/mol. The van der Waals surface area contributed by atoms with Crippen LogP contribution in [0.4, 0.5) is 0 Å². The molecule has 5 nitrogen and oxygen atoms in total. The highest BCUT2D eigenvalue weighted by atomic mass is 16.3. The third kappa shape index (κ3) is 3.09. The molecule has 3 aromatic rings. The van der Waals surface area contributed by atoms with Crippen LogP contribution in [0.1, 0.15) is 22.9 Å². The number of rotatable bonds is 5. The first-order valence-corrected chi connectivity index (χ1v) is 6.96. The van der Waals surface area contributed by atoms with Crippen LogP contribution in [0.15, 0.2) is 48.9 Å². The zero-order valence-electron chi connectivity index (χ0n) is 11.9. The minimum absolute atomic E-state index is 0.497. The van der Waals surface area contributed by atoms with Crippen LogP contribution in [0.5, 0.6) is 0 Å². The highest BCUT2D eigenvalue weighted by Crippen LogP contribution is 2.13. The summed E-state index contributed by atoms with van der Waals surface area (Å²) in [5.41, 5.74) is 3.11. The van der Waals surface area contributed by atoms with Gasteiger partial charge in [-0.25, -0.2) is 9.97 Å². The van der Waals surface area contributed by atoms with Crippen LogP contribution in [0.25, 0.3) is 5.78 Å². The van der Waals surface area contributed by atoms with Gasteiger partial charge in [-0.3, -0.25) is 4.40 Å². The average molecular weight is 282 g/mol. The molecule has 0 aliphatic heterocycles. The van der Waals surface area contributed by atoms with E-state index >= 15 is 0 Å². The van der Waals surface area contributed by atoms with E-state index in [-0.39, 0.29) is 0 Å². The minimum Gasteiger partial charge on any atom is -0.387 e. The summed E-state index contributed by atoms with van der Waals surface area (Å²) in [5, 5.41) is 13.4. The number of aromatic nitrogens is 3. The molecule has 21 heavy (non-hydrogen) atoms. The van der Waals surface area contributed by atoms with E-state index < -0.39 is 6.10 Å². The quantitative estimate of drug-likeness (QED) is 0.750. The van der Waals surface area contributed by atoms with Gasteiger partial charge in [0.05, 0.1) is 18.0 Å². The van der Waals surface area contributed by atoms with Gasteiger partial charge in [0.1, 0.15) is 0 Å². The van der Waals surface area contributed by atoms with Crippen molar-refractivity contribution in [2.75, 3.05) is 6.54 Å². The number of fused-ring (bicyclic) bond motifs is 1. The van der Waals surface area contributed by atoms with E-state index in [4.69, 9.17) is 0 Å². The van der Waals surface area contributed by atoms with Crippen LogP contribution >= 0.6 is 0 Å². The van der Waals surface area contributed by atoms with E-state index in [1.807, 2.05) is 47.9 Å². The molecule has 1 unspecified atom stereocenters. The molecule has 0 aliphatic carbocycles. The number of hydrogen-bond acceptors (Lipinski definition) is 4. The Morgan fingerprint density at radius 3 is 3.05 bits per heavy atom. The van der Waals surface area contributed by atoms with Crippen LogP contribution in [-0.4, -0.2) is 26.0 Å². The lowest BCUT2D eigenvalue weighted by Crippen LogP contribution is -2.21. The van der Waals surface area contributed by atoms with Crippen molar-refractivity contribution in [3.05, 3.63) is 65.7 Å². The summed E-state index contributed by atoms with van der Waals surface area (Å²) in [6.07, 6.45) is 4.95. The van der Waals surface area contributed by atoms with Crippen molar-refractivity contribution in [3.8, 4) is 0 Å². The molecule has 108 valence electrons. The molecule has 0 saturated carbocycles. The summed E-state index contributed by atoms with van der Waals surface area (Å²) < 4.78 is 1.94. The fourth-order valence-corrected chi connectivity index (χ4v) is 2.34. The SMILES string of the molecule is Cc1cccc(C(O)CNCc2cnc3ncccn23)c1. The molecule has 2 aromatic heterocycles. The van der Waals surface area contributed by atoms with Crippen molar-refractivity contribution in [1.82, 2.24) is 19.7 Å². The van der Waals surface area contributed by atoms with Crippen LogP contribution in [0, 0.1) is 6.92 Å². The molecule has 2 heterocycles. The van der Waals surface area contributed by atoms with E-state index in [0.717, 1.165) is 16.8 Å². The fourth-order valence-electron chi connectivity index (χ4n) is 2.34. The fraction of sp³-hybridized carbons (Fsp3) is 0.250. The Labute approximate surface area is 123 Å². The lowest BCUT2D eigenvalue weighted by atomic mass is 10.1. The largest absolute Gasteiger partial charge is 0.387 e. The maximum Gasteiger partial charge on any atom is 0.233 e. The minimum atomic E-state index is -0.512. The van der Waals surface area contributed by atoms with Gasteiger partial charge in [0.25, 0.3) is 0 Å². The second kappa shape index (κ2) is 6.03. The summed E-state index contributed by atoms with van der Waals surface area (Å²) in [6, 6.07) is 9.81. The molecule has 1 atom stereocenters. The number of benzene rings is 1. The summed E-state index contributed by atoms with van der Waals surface area (Å²) in [6.45, 7) is 3.15. The molecule has 5 heteroatoms. The van der Waals surface area contributed by atoms with Gasteiger partial charge in [0.15, 0.2) is 0 Å². The van der Waals surface area contributed by atoms with Gasteiger partial charge in [-0.05, 0) is 18.6 Å². The molecule has 0 saturated heterocycles. The monoisotopic (exact) mass is 282 g/mol. The molecule has 0 amide bonds. The van der Waals surface area contributed by atoms with Crippen LogP contribution in [0.2, 0.25) is 0 Å². The molecule has 0 aliphatic rings. The first-order chi connectivity index (χ1) is 10.2. The third-order valence-corrected chi connectivity index (χ3v) is 3.44. The molecule has 3 rings (SSSR count). The summed E-state index contributed by atoms with van der Waals surface area (Å²) in [7, 11) is 0. The van der Waals surface area contributed by atoms with Gasteiger partial charge in [0, 0.05) is 25.5 Å². The number of aryl methyl sites for hydroxylation is 1. The van der Waals surface area contributed by atoms with Crippen LogP contribution < -0.4 is 5.32 Å². The second-order valence-corrected chi connectivity index (χ2v) is 5.10. The number of nitrogens with zero attached hydrogens (tertiary/aromatic N) is 3. The molecule has 0 radical (unpaired) electrons. The number of aliphatic hydroxyl groups is 1. The lowest BCUT2D eigenvalue weighted by Gasteiger charge is -2.12. The van der Waals surface area contributed by atoms with Gasteiger partial charge < -0.3 is 10.4 Å². The van der Waals surface area contributed by atoms with E-state index in [2.05, 4.69) is 15.3 Å². The van der Waals surface area contributed by atoms with Crippen LogP contribution in [-0.2, 0) is 6.54 Å². The van der Waals surface area contributed by atoms with Gasteiger partial charge in [-0.2, -0.15) is 0 Å². The first kappa shape index (κ1) is 13.7. The molecular weight excluding hydrogens is 264 g/mol. The maximum atomic E-state index is 10.2. The number of imidazole rings is 1. The molecule has 2 N–H and O–H groups in total. The Bertz CT molecular complexity index is 738. The zero-order valence-corrected chi connectivity index (χ0v) is 11.9. The number of aliphatic hydroxyl groups excluding tert-OH is 1. The Balaban J connectivity index is 1.61. The maximum absolute atomic E-state index is 10.2. The standard InChI is InChI=1S/C16H18N4O/c1-12-4-2-5-13(8-12)15(21)11-17-9-14-10-19-16-18-6-3-7-20(14)16/h2-8,10,15,17,21H,9,11H2,1H3. The van der Waals surface area contributed by atoms with Gasteiger partial charge in [0.2, 0.25) is 5.78 Å². The summed E-state index contributed by atoms with van der Waals surface area (Å²) >= 11 is 0. The molecule has 0 bridgehead atoms. The highest BCUT2D eigenvalue weighted by Gasteiger charge is 2.08. The van der Waals surface area contributed by atoms with Gasteiger partial charge >= 0.3 is 0 Å². The molecular formula is C16H18N4O. The van der Waals surface area contributed by atoms with E-state index in [1.165, 1.54) is 0 Å². The van der Waals surface area contributed by atoms with E-state index in [9.17, 15) is 5.11 Å². The molecule has 0 spiro atoms. The topological polar surface area (TPSA) is 62.5 Å². The summed E-state index contributed by atoms with van der Waals surface area (Å²) in [5.74, 6) is 0.688. The van der Waals surface area contributed by atoms with Crippen molar-refractivity contribution in [2.45, 2.75) is 19.6 Å². The number of hydrogen-bond donors (Lipinski definition) is 2. The highest BCUT2D eigenvalue weighted by molar-refractivity contribution is 5.30. The average Bonchev–Trinajstić information content (AvgIpc) is 2.91. The van der Waals surface area contributed by atoms with Gasteiger partial charge in [-0.15, -0.1) is 0 Å². The Hall–Kier alpha value is -2.24. The van der Waals surface area contributed by atoms with Crippen molar-refractivity contribution in [2.24, 2.45) is 0 Å². The van der Waals surface area contributed by atoms with Crippen molar-refractivity contribution >= 4 is 5.78 Å². The second-order valence-electron chi connectivity index (χ2n) is 5.10. The van der Waals surface area contributed by atoms with Crippen molar-refractivity contribution in [3.63, 3.8) is 0 Å². The van der Waals surface area contributed by atoms with Crippen molar-refractivity contribution in [1.29, 1.82) is 0 Å². The Morgan fingerprint density at radius 1 is 1.29 bits per heavy atom. The number of nitrogens with one attached hydrogen (secondary N) is 1. The third-order valence-electron chi connectivity index (χ3n) is 3.44. The zero-order chi connectivity index (χ0) is 14.7. The lowest BCUT2D eigenvalue weighted by molar-refractivity contribution is 0.174. The normalized spacial score (nSPS) is 12.7. The Kier molecular flexibility index (Phi) is 3.94. The van der Waals surface area contributed by atoms with Crippen molar-refractivity contribution < 1.29 is 5.11 Å². The summed E-state index contributed by atoms with van der Waals surface area (Å²) in [4.78, 5) is 8.41. The van der Waals surface area contributed by atoms with Gasteiger partial charge in [-0.1, -0.05) is 29.8 Å². The van der Waals surface area contributed by atoms with E-state index in [0.29, 0.717) is 18.9 Å².